The van der Waals surface area contributed by atoms with Crippen molar-refractivity contribution in [1.29, 1.82) is 0 Å². The van der Waals surface area contributed by atoms with Crippen molar-refractivity contribution >= 4 is 50.8 Å². The van der Waals surface area contributed by atoms with Crippen LogP contribution in [0.25, 0.3) is 0 Å². The molecule has 0 unspecified atom stereocenters. The van der Waals surface area contributed by atoms with E-state index in [-0.39, 0.29) is 41.8 Å². The Morgan fingerprint density at radius 2 is 1.80 bits per heavy atom. The van der Waals surface area contributed by atoms with Crippen LogP contribution in [0.2, 0.25) is 5.02 Å². The van der Waals surface area contributed by atoms with Crippen LogP contribution in [0.3, 0.4) is 0 Å². The number of sulfonamides is 1. The summed E-state index contributed by atoms with van der Waals surface area (Å²) in [5.41, 5.74) is -0.0475. The van der Waals surface area contributed by atoms with Crippen molar-refractivity contribution in [2.24, 2.45) is 0 Å². The molecule has 1 aromatic rings. The van der Waals surface area contributed by atoms with Crippen molar-refractivity contribution in [1.82, 2.24) is 19.4 Å². The Balaban J connectivity index is 1.69. The van der Waals surface area contributed by atoms with E-state index in [1.807, 2.05) is 0 Å². The van der Waals surface area contributed by atoms with Gasteiger partial charge >= 0.3 is 0 Å². The standard InChI is InChI=1S/C18H21ClN4O5S2/c1-28-11-10-23-17(25)15(16(24)20-18(23)29)12-21-6-8-22(9-7-21)30(26,27)14-4-2-13(19)3-5-14/h2-5,12H,6-11H2,1H3,(H,20,24,29)/b15-12-. The average molecular weight is 473 g/mol. The number of carbonyl (C=O) groups excluding carboxylic acids is 2. The van der Waals surface area contributed by atoms with Gasteiger partial charge in [-0.3, -0.25) is 19.8 Å². The number of hydrogen-bond acceptors (Lipinski definition) is 7. The lowest BCUT2D eigenvalue weighted by Gasteiger charge is -2.35. The first-order valence-corrected chi connectivity index (χ1v) is 11.3. The second kappa shape index (κ2) is 9.40. The Hall–Kier alpha value is -2.05. The van der Waals surface area contributed by atoms with Crippen LogP contribution >= 0.6 is 23.8 Å². The van der Waals surface area contributed by atoms with Crippen LogP contribution in [0.15, 0.2) is 40.9 Å². The van der Waals surface area contributed by atoms with Crippen LogP contribution in [0.1, 0.15) is 0 Å². The van der Waals surface area contributed by atoms with E-state index in [1.54, 1.807) is 4.90 Å². The Bertz CT molecular complexity index is 973. The summed E-state index contributed by atoms with van der Waals surface area (Å²) in [6, 6.07) is 5.99. The summed E-state index contributed by atoms with van der Waals surface area (Å²) in [5.74, 6) is -1.08. The van der Waals surface area contributed by atoms with Crippen LogP contribution < -0.4 is 5.32 Å². The summed E-state index contributed by atoms with van der Waals surface area (Å²) in [5, 5.41) is 3.00. The third kappa shape index (κ3) is 4.81. The average Bonchev–Trinajstić information content (AvgIpc) is 2.71. The van der Waals surface area contributed by atoms with Gasteiger partial charge in [-0.1, -0.05) is 11.6 Å². The van der Waals surface area contributed by atoms with Crippen molar-refractivity contribution in [2.45, 2.75) is 4.90 Å². The molecular weight excluding hydrogens is 452 g/mol. The summed E-state index contributed by atoms with van der Waals surface area (Å²) in [6.45, 7) is 1.60. The molecule has 9 nitrogen and oxygen atoms in total. The van der Waals surface area contributed by atoms with Crippen molar-refractivity contribution < 1.29 is 22.7 Å². The van der Waals surface area contributed by atoms with Gasteiger partial charge in [0.15, 0.2) is 5.11 Å². The first-order chi connectivity index (χ1) is 14.2. The molecule has 0 radical (unpaired) electrons. The van der Waals surface area contributed by atoms with Crippen LogP contribution in [-0.4, -0.2) is 85.9 Å². The molecule has 2 amide bonds. The molecule has 2 aliphatic rings. The predicted octanol–water partition coefficient (Wildman–Crippen LogP) is 0.420. The molecule has 1 N–H and O–H groups in total. The molecule has 0 atom stereocenters. The molecule has 2 aliphatic heterocycles. The minimum absolute atomic E-state index is 0.0399. The molecular formula is C18H21ClN4O5S2. The Morgan fingerprint density at radius 3 is 2.40 bits per heavy atom. The number of nitrogens with zero attached hydrogens (tertiary/aromatic N) is 3. The van der Waals surface area contributed by atoms with Crippen LogP contribution in [0.4, 0.5) is 0 Å². The van der Waals surface area contributed by atoms with E-state index in [4.69, 9.17) is 28.6 Å². The minimum Gasteiger partial charge on any atom is -0.383 e. The van der Waals surface area contributed by atoms with Gasteiger partial charge < -0.3 is 9.64 Å². The van der Waals surface area contributed by atoms with Gasteiger partial charge in [-0.2, -0.15) is 4.31 Å². The van der Waals surface area contributed by atoms with Crippen molar-refractivity contribution in [3.05, 3.63) is 41.1 Å². The number of methoxy groups -OCH3 is 1. The molecule has 0 spiro atoms. The molecule has 2 fully saturated rings. The number of benzene rings is 1. The first kappa shape index (κ1) is 22.6. The maximum absolute atomic E-state index is 12.8. The number of piperazine rings is 1. The topological polar surface area (TPSA) is 99.3 Å². The fourth-order valence-corrected chi connectivity index (χ4v) is 4.89. The van der Waals surface area contributed by atoms with E-state index in [1.165, 1.54) is 46.8 Å². The molecule has 0 aliphatic carbocycles. The van der Waals surface area contributed by atoms with Crippen molar-refractivity contribution in [2.75, 3.05) is 46.4 Å². The maximum atomic E-state index is 12.8. The predicted molar refractivity (Wildman–Crippen MR) is 114 cm³/mol. The zero-order valence-electron chi connectivity index (χ0n) is 16.2. The molecule has 1 aromatic carbocycles. The number of nitrogens with one attached hydrogen (secondary N) is 1. The lowest BCUT2D eigenvalue weighted by molar-refractivity contribution is -0.129. The molecule has 0 aromatic heterocycles. The van der Waals surface area contributed by atoms with Gasteiger partial charge in [-0.05, 0) is 36.5 Å². The smallest absolute Gasteiger partial charge is 0.267 e. The van der Waals surface area contributed by atoms with Crippen molar-refractivity contribution in [3.8, 4) is 0 Å². The Labute approximate surface area is 185 Å². The van der Waals surface area contributed by atoms with Gasteiger partial charge in [0, 0.05) is 44.5 Å². The van der Waals surface area contributed by atoms with Crippen LogP contribution in [-0.2, 0) is 24.3 Å². The minimum atomic E-state index is -3.64. The lowest BCUT2D eigenvalue weighted by Crippen LogP contribution is -2.55. The van der Waals surface area contributed by atoms with Gasteiger partial charge in [-0.15, -0.1) is 0 Å². The number of hydrogen-bond donors (Lipinski definition) is 1. The number of ether oxygens (including phenoxy) is 1. The quantitative estimate of drug-likeness (QED) is 0.364. The zero-order chi connectivity index (χ0) is 21.9. The second-order valence-electron chi connectivity index (χ2n) is 6.65. The van der Waals surface area contributed by atoms with Gasteiger partial charge in [0.05, 0.1) is 18.0 Å². The molecule has 30 heavy (non-hydrogen) atoms. The number of carbonyl (C=O) groups is 2. The van der Waals surface area contributed by atoms with Crippen LogP contribution in [0, 0.1) is 0 Å². The van der Waals surface area contributed by atoms with Crippen molar-refractivity contribution in [3.63, 3.8) is 0 Å². The largest absolute Gasteiger partial charge is 0.383 e. The lowest BCUT2D eigenvalue weighted by atomic mass is 10.2. The fourth-order valence-electron chi connectivity index (χ4n) is 3.08. The molecule has 0 bridgehead atoms. The van der Waals surface area contributed by atoms with E-state index in [2.05, 4.69) is 5.32 Å². The number of halogens is 1. The summed E-state index contributed by atoms with van der Waals surface area (Å²) < 4.78 is 31.9. The van der Waals surface area contributed by atoms with E-state index in [9.17, 15) is 18.0 Å². The summed E-state index contributed by atoms with van der Waals surface area (Å²) >= 11 is 10.9. The van der Waals surface area contributed by atoms with Gasteiger partial charge in [0.2, 0.25) is 10.0 Å². The van der Waals surface area contributed by atoms with E-state index >= 15 is 0 Å². The maximum Gasteiger partial charge on any atom is 0.267 e. The summed E-state index contributed by atoms with van der Waals surface area (Å²) in [4.78, 5) is 28.1. The summed E-state index contributed by atoms with van der Waals surface area (Å²) in [6.07, 6.45) is 1.46. The van der Waals surface area contributed by atoms with Gasteiger partial charge in [0.1, 0.15) is 5.57 Å². The van der Waals surface area contributed by atoms with Gasteiger partial charge in [-0.25, -0.2) is 8.42 Å². The highest BCUT2D eigenvalue weighted by atomic mass is 35.5. The third-order valence-electron chi connectivity index (χ3n) is 4.74. The second-order valence-corrected chi connectivity index (χ2v) is 9.41. The monoisotopic (exact) mass is 472 g/mol. The first-order valence-electron chi connectivity index (χ1n) is 9.11. The third-order valence-corrected chi connectivity index (χ3v) is 7.23. The molecule has 162 valence electrons. The normalized spacial score (nSPS) is 20.1. The SMILES string of the molecule is COCCN1C(=O)/C(=C\N2CCN(S(=O)(=O)c3ccc(Cl)cc3)CC2)C(=O)NC1=S. The van der Waals surface area contributed by atoms with E-state index < -0.39 is 21.8 Å². The molecule has 12 heteroatoms. The molecule has 3 rings (SSSR count). The molecule has 2 heterocycles. The fraction of sp³-hybridized carbons (Fsp3) is 0.389. The summed E-state index contributed by atoms with van der Waals surface area (Å²) in [7, 11) is -2.14. The molecule has 2 saturated heterocycles. The van der Waals surface area contributed by atoms with Gasteiger partial charge in [0.25, 0.3) is 11.8 Å². The highest BCUT2D eigenvalue weighted by molar-refractivity contribution is 7.89. The molecule has 0 saturated carbocycles. The van der Waals surface area contributed by atoms with Crippen LogP contribution in [0.5, 0.6) is 0 Å². The highest BCUT2D eigenvalue weighted by Gasteiger charge is 2.34. The van der Waals surface area contributed by atoms with E-state index in [0.29, 0.717) is 18.1 Å². The Morgan fingerprint density at radius 1 is 1.17 bits per heavy atom. The van der Waals surface area contributed by atoms with E-state index in [0.717, 1.165) is 0 Å². The number of thiocarbonyl (C=S) groups is 1. The highest BCUT2D eigenvalue weighted by Crippen LogP contribution is 2.20. The number of amides is 2. The zero-order valence-corrected chi connectivity index (χ0v) is 18.6. The Kier molecular flexibility index (Phi) is 7.09. The number of rotatable bonds is 6.